The Morgan fingerprint density at radius 1 is 1.44 bits per heavy atom. The summed E-state index contributed by atoms with van der Waals surface area (Å²) in [6.45, 7) is 1.41. The van der Waals surface area contributed by atoms with Crippen LogP contribution in [0.15, 0.2) is 18.2 Å². The van der Waals surface area contributed by atoms with E-state index in [1.54, 1.807) is 6.07 Å². The van der Waals surface area contributed by atoms with Crippen LogP contribution >= 0.6 is 11.6 Å². The highest BCUT2D eigenvalue weighted by atomic mass is 35.5. The van der Waals surface area contributed by atoms with Gasteiger partial charge in [0.1, 0.15) is 5.82 Å². The summed E-state index contributed by atoms with van der Waals surface area (Å²) in [6, 6.07) is 4.55. The zero-order valence-electron chi connectivity index (χ0n) is 9.05. The maximum atomic E-state index is 13.2. The minimum Gasteiger partial charge on any atom is -0.329 e. The van der Waals surface area contributed by atoms with Gasteiger partial charge in [-0.05, 0) is 49.1 Å². The highest BCUT2D eigenvalue weighted by Gasteiger charge is 2.22. The van der Waals surface area contributed by atoms with Crippen molar-refractivity contribution in [2.45, 2.75) is 18.9 Å². The lowest BCUT2D eigenvalue weighted by molar-refractivity contribution is 0.518. The molecule has 1 unspecified atom stereocenters. The molecule has 0 radical (unpaired) electrons. The molecule has 1 atom stereocenters. The predicted octanol–water partition coefficient (Wildman–Crippen LogP) is 2.48. The average molecular weight is 243 g/mol. The Morgan fingerprint density at radius 3 is 2.75 bits per heavy atom. The van der Waals surface area contributed by atoms with Gasteiger partial charge in [0.2, 0.25) is 0 Å². The van der Waals surface area contributed by atoms with E-state index in [4.69, 9.17) is 17.3 Å². The summed E-state index contributed by atoms with van der Waals surface area (Å²) < 4.78 is 13.2. The van der Waals surface area contributed by atoms with Gasteiger partial charge in [-0.3, -0.25) is 0 Å². The zero-order valence-corrected chi connectivity index (χ0v) is 9.80. The van der Waals surface area contributed by atoms with Gasteiger partial charge in [0, 0.05) is 17.6 Å². The van der Waals surface area contributed by atoms with Crippen LogP contribution in [0.1, 0.15) is 24.4 Å². The second-order valence-electron chi connectivity index (χ2n) is 4.34. The molecule has 1 aromatic rings. The molecular weight excluding hydrogens is 227 g/mol. The standard InChI is InChI=1S/C12H16ClFN2/c13-10-3-9(4-11(14)5-10)12(6-15)16-7-8-1-2-8/h3-5,8,12,16H,1-2,6-7,15H2. The zero-order chi connectivity index (χ0) is 11.5. The van der Waals surface area contributed by atoms with Crippen molar-refractivity contribution < 1.29 is 4.39 Å². The summed E-state index contributed by atoms with van der Waals surface area (Å²) in [7, 11) is 0. The fourth-order valence-electron chi connectivity index (χ4n) is 1.74. The monoisotopic (exact) mass is 242 g/mol. The quantitative estimate of drug-likeness (QED) is 0.833. The summed E-state index contributed by atoms with van der Waals surface area (Å²) >= 11 is 5.82. The SMILES string of the molecule is NCC(NCC1CC1)c1cc(F)cc(Cl)c1. The summed E-state index contributed by atoms with van der Waals surface area (Å²) in [4.78, 5) is 0. The molecule has 2 nitrogen and oxygen atoms in total. The maximum absolute atomic E-state index is 13.2. The van der Waals surface area contributed by atoms with E-state index in [2.05, 4.69) is 5.32 Å². The van der Waals surface area contributed by atoms with Gasteiger partial charge in [-0.1, -0.05) is 11.6 Å². The lowest BCUT2D eigenvalue weighted by Gasteiger charge is -2.17. The molecule has 1 aromatic carbocycles. The van der Waals surface area contributed by atoms with Crippen molar-refractivity contribution in [3.05, 3.63) is 34.6 Å². The van der Waals surface area contributed by atoms with Crippen molar-refractivity contribution in [3.63, 3.8) is 0 Å². The Labute approximate surface area is 100.0 Å². The smallest absolute Gasteiger partial charge is 0.125 e. The Balaban J connectivity index is 2.04. The highest BCUT2D eigenvalue weighted by molar-refractivity contribution is 6.30. The fraction of sp³-hybridized carbons (Fsp3) is 0.500. The Hall–Kier alpha value is -0.640. The number of hydrogen-bond acceptors (Lipinski definition) is 2. The molecule has 4 heteroatoms. The minimum absolute atomic E-state index is 0.00574. The van der Waals surface area contributed by atoms with Crippen LogP contribution in [0.2, 0.25) is 5.02 Å². The van der Waals surface area contributed by atoms with E-state index in [-0.39, 0.29) is 11.9 Å². The summed E-state index contributed by atoms with van der Waals surface area (Å²) in [6.07, 6.45) is 2.57. The molecule has 0 bridgehead atoms. The van der Waals surface area contributed by atoms with Gasteiger partial charge >= 0.3 is 0 Å². The average Bonchev–Trinajstić information content (AvgIpc) is 3.01. The van der Waals surface area contributed by atoms with Crippen molar-refractivity contribution in [2.75, 3.05) is 13.1 Å². The predicted molar refractivity (Wildman–Crippen MR) is 63.9 cm³/mol. The minimum atomic E-state index is -0.311. The molecular formula is C12H16ClFN2. The van der Waals surface area contributed by atoms with Gasteiger partial charge < -0.3 is 11.1 Å². The van der Waals surface area contributed by atoms with Crippen LogP contribution in [0.3, 0.4) is 0 Å². The van der Waals surface area contributed by atoms with Gasteiger partial charge in [-0.2, -0.15) is 0 Å². The third-order valence-electron chi connectivity index (χ3n) is 2.87. The van der Waals surface area contributed by atoms with E-state index < -0.39 is 0 Å². The van der Waals surface area contributed by atoms with Gasteiger partial charge in [0.25, 0.3) is 0 Å². The summed E-state index contributed by atoms with van der Waals surface area (Å²) in [5, 5.41) is 3.77. The first-order valence-electron chi connectivity index (χ1n) is 5.58. The van der Waals surface area contributed by atoms with Crippen LogP contribution in [0.5, 0.6) is 0 Å². The van der Waals surface area contributed by atoms with Crippen molar-refractivity contribution >= 4 is 11.6 Å². The largest absolute Gasteiger partial charge is 0.329 e. The van der Waals surface area contributed by atoms with Crippen LogP contribution in [0.4, 0.5) is 4.39 Å². The Kier molecular flexibility index (Phi) is 3.79. The topological polar surface area (TPSA) is 38.0 Å². The molecule has 1 aliphatic carbocycles. The second-order valence-corrected chi connectivity index (χ2v) is 4.78. The van der Waals surface area contributed by atoms with Crippen LogP contribution in [-0.4, -0.2) is 13.1 Å². The van der Waals surface area contributed by atoms with Crippen LogP contribution in [0.25, 0.3) is 0 Å². The first-order chi connectivity index (χ1) is 7.69. The third kappa shape index (κ3) is 3.17. The Morgan fingerprint density at radius 2 is 2.19 bits per heavy atom. The van der Waals surface area contributed by atoms with Gasteiger partial charge in [-0.15, -0.1) is 0 Å². The Bertz CT molecular complexity index is 346. The molecule has 2 rings (SSSR count). The van der Waals surface area contributed by atoms with E-state index >= 15 is 0 Å². The normalized spacial score (nSPS) is 17.4. The number of nitrogens with one attached hydrogen (secondary N) is 1. The van der Waals surface area contributed by atoms with Crippen molar-refractivity contribution in [1.29, 1.82) is 0 Å². The highest BCUT2D eigenvalue weighted by Crippen LogP contribution is 2.28. The van der Waals surface area contributed by atoms with E-state index in [0.29, 0.717) is 11.6 Å². The second kappa shape index (κ2) is 5.13. The van der Waals surface area contributed by atoms with Gasteiger partial charge in [0.15, 0.2) is 0 Å². The first-order valence-corrected chi connectivity index (χ1v) is 5.96. The molecule has 1 saturated carbocycles. The molecule has 16 heavy (non-hydrogen) atoms. The van der Waals surface area contributed by atoms with Crippen molar-refractivity contribution in [3.8, 4) is 0 Å². The van der Waals surface area contributed by atoms with Gasteiger partial charge in [-0.25, -0.2) is 4.39 Å². The van der Waals surface area contributed by atoms with E-state index in [1.165, 1.54) is 25.0 Å². The van der Waals surface area contributed by atoms with Crippen LogP contribution in [-0.2, 0) is 0 Å². The number of benzene rings is 1. The maximum Gasteiger partial charge on any atom is 0.125 e. The molecule has 0 heterocycles. The van der Waals surface area contributed by atoms with Crippen molar-refractivity contribution in [2.24, 2.45) is 11.7 Å². The number of rotatable bonds is 5. The molecule has 0 aromatic heterocycles. The molecule has 3 N–H and O–H groups in total. The molecule has 0 amide bonds. The molecule has 0 saturated heterocycles. The van der Waals surface area contributed by atoms with E-state index in [0.717, 1.165) is 18.0 Å². The molecule has 0 spiro atoms. The van der Waals surface area contributed by atoms with E-state index in [9.17, 15) is 4.39 Å². The number of hydrogen-bond donors (Lipinski definition) is 2. The lowest BCUT2D eigenvalue weighted by Crippen LogP contribution is -2.29. The van der Waals surface area contributed by atoms with Crippen LogP contribution < -0.4 is 11.1 Å². The number of halogens is 2. The van der Waals surface area contributed by atoms with Crippen LogP contribution in [0, 0.1) is 11.7 Å². The third-order valence-corrected chi connectivity index (χ3v) is 3.09. The van der Waals surface area contributed by atoms with Gasteiger partial charge in [0.05, 0.1) is 0 Å². The molecule has 1 fully saturated rings. The fourth-order valence-corrected chi connectivity index (χ4v) is 1.97. The van der Waals surface area contributed by atoms with E-state index in [1.807, 2.05) is 0 Å². The molecule has 0 aliphatic heterocycles. The van der Waals surface area contributed by atoms with Crippen molar-refractivity contribution in [1.82, 2.24) is 5.32 Å². The molecule has 1 aliphatic rings. The summed E-state index contributed by atoms with van der Waals surface area (Å²) in [5.41, 5.74) is 6.51. The summed E-state index contributed by atoms with van der Waals surface area (Å²) in [5.74, 6) is 0.465. The lowest BCUT2D eigenvalue weighted by atomic mass is 10.1. The molecule has 88 valence electrons. The first kappa shape index (κ1) is 11.8. The number of nitrogens with two attached hydrogens (primary N) is 1.